The van der Waals surface area contributed by atoms with Crippen molar-refractivity contribution in [3.05, 3.63) is 0 Å². The molecule has 0 aromatic heterocycles. The number of amides is 2. The van der Waals surface area contributed by atoms with E-state index in [1.165, 1.54) is 0 Å². The second-order valence-corrected chi connectivity index (χ2v) is 7.45. The summed E-state index contributed by atoms with van der Waals surface area (Å²) in [6.45, 7) is 4.84. The van der Waals surface area contributed by atoms with Gasteiger partial charge in [-0.25, -0.2) is 0 Å². The molecule has 0 radical (unpaired) electrons. The predicted octanol–water partition coefficient (Wildman–Crippen LogP) is 2.13. The third-order valence-corrected chi connectivity index (χ3v) is 5.18. The zero-order valence-corrected chi connectivity index (χ0v) is 14.5. The lowest BCUT2D eigenvalue weighted by atomic mass is 10.1. The number of carbonyl (C=O) groups excluding carboxylic acids is 2. The lowest BCUT2D eigenvalue weighted by molar-refractivity contribution is -0.141. The van der Waals surface area contributed by atoms with E-state index in [1.54, 1.807) is 23.6 Å². The first-order chi connectivity index (χ1) is 9.15. The minimum absolute atomic E-state index is 0.0402. The van der Waals surface area contributed by atoms with Gasteiger partial charge in [0.15, 0.2) is 0 Å². The molecule has 0 bridgehead atoms. The maximum absolute atomic E-state index is 12.1. The van der Waals surface area contributed by atoms with E-state index in [0.717, 1.165) is 0 Å². The molecule has 2 atom stereocenters. The smallest absolute Gasteiger partial charge is 0.244 e. The molecule has 4 nitrogen and oxygen atoms in total. The van der Waals surface area contributed by atoms with Gasteiger partial charge in [-0.05, 0) is 13.8 Å². The van der Waals surface area contributed by atoms with Crippen LogP contribution in [-0.2, 0) is 9.59 Å². The molecular formula is C12H18Cl4N2O2. The molecule has 1 aliphatic heterocycles. The minimum Gasteiger partial charge on any atom is -0.338 e. The van der Waals surface area contributed by atoms with E-state index in [9.17, 15) is 9.59 Å². The first-order valence-electron chi connectivity index (χ1n) is 6.24. The zero-order chi connectivity index (χ0) is 15.6. The fourth-order valence-electron chi connectivity index (χ4n) is 1.89. The zero-order valence-electron chi connectivity index (χ0n) is 11.5. The van der Waals surface area contributed by atoms with Crippen LogP contribution >= 0.6 is 46.4 Å². The standard InChI is InChI=1S/C12H18Cl4N2O2/c1-11(15,7-13)9(19)17-3-5-18(6-4-17)10(20)12(2,16)8-14/h3-8H2,1-2H3. The number of nitrogens with zero attached hydrogens (tertiary/aromatic N) is 2. The Hall–Kier alpha value is 0.1000. The van der Waals surface area contributed by atoms with Gasteiger partial charge in [-0.2, -0.15) is 0 Å². The van der Waals surface area contributed by atoms with E-state index in [1.807, 2.05) is 0 Å². The Morgan fingerprint density at radius 3 is 1.30 bits per heavy atom. The highest BCUT2D eigenvalue weighted by atomic mass is 35.5. The molecule has 1 fully saturated rings. The predicted molar refractivity (Wildman–Crippen MR) is 83.1 cm³/mol. The quantitative estimate of drug-likeness (QED) is 0.718. The number of alkyl halides is 4. The van der Waals surface area contributed by atoms with E-state index in [0.29, 0.717) is 26.2 Å². The van der Waals surface area contributed by atoms with Gasteiger partial charge < -0.3 is 9.80 Å². The molecule has 1 saturated heterocycles. The van der Waals surface area contributed by atoms with E-state index in [-0.39, 0.29) is 23.6 Å². The molecule has 0 aromatic carbocycles. The van der Waals surface area contributed by atoms with Crippen LogP contribution in [0.25, 0.3) is 0 Å². The second-order valence-electron chi connectivity index (χ2n) is 5.25. The Bertz CT molecular complexity index is 344. The third-order valence-electron chi connectivity index (χ3n) is 3.25. The van der Waals surface area contributed by atoms with Crippen LogP contribution in [0.1, 0.15) is 13.8 Å². The Morgan fingerprint density at radius 1 is 0.850 bits per heavy atom. The van der Waals surface area contributed by atoms with Gasteiger partial charge in [-0.3, -0.25) is 9.59 Å². The molecule has 2 unspecified atom stereocenters. The van der Waals surface area contributed by atoms with E-state index < -0.39 is 9.75 Å². The van der Waals surface area contributed by atoms with E-state index in [4.69, 9.17) is 46.4 Å². The van der Waals surface area contributed by atoms with E-state index in [2.05, 4.69) is 0 Å². The summed E-state index contributed by atoms with van der Waals surface area (Å²) in [4.78, 5) is 25.3. The number of hydrogen-bond acceptors (Lipinski definition) is 2. The Labute approximate surface area is 139 Å². The summed E-state index contributed by atoms with van der Waals surface area (Å²) in [7, 11) is 0. The van der Waals surface area contributed by atoms with E-state index >= 15 is 0 Å². The van der Waals surface area contributed by atoms with Crippen LogP contribution in [0.2, 0.25) is 0 Å². The highest BCUT2D eigenvalue weighted by Gasteiger charge is 2.39. The van der Waals surface area contributed by atoms with Gasteiger partial charge in [0.05, 0.1) is 11.8 Å². The topological polar surface area (TPSA) is 40.6 Å². The summed E-state index contributed by atoms with van der Waals surface area (Å²) in [6.07, 6.45) is 0. The molecule has 0 saturated carbocycles. The second kappa shape index (κ2) is 6.91. The van der Waals surface area contributed by atoms with Crippen molar-refractivity contribution < 1.29 is 9.59 Å². The molecule has 0 N–H and O–H groups in total. The van der Waals surface area contributed by atoms with Crippen LogP contribution in [0.3, 0.4) is 0 Å². The molecular weight excluding hydrogens is 346 g/mol. The van der Waals surface area contributed by atoms with Crippen LogP contribution in [-0.4, -0.2) is 69.3 Å². The summed E-state index contributed by atoms with van der Waals surface area (Å²) in [5.41, 5.74) is 0. The largest absolute Gasteiger partial charge is 0.338 e. The number of carbonyl (C=O) groups is 2. The molecule has 2 amide bonds. The average molecular weight is 364 g/mol. The SMILES string of the molecule is CC(Cl)(CCl)C(=O)N1CCN(C(=O)C(C)(Cl)CCl)CC1. The lowest BCUT2D eigenvalue weighted by Gasteiger charge is -2.39. The Kier molecular flexibility index (Phi) is 6.27. The molecule has 0 spiro atoms. The summed E-state index contributed by atoms with van der Waals surface area (Å²) >= 11 is 23.5. The molecule has 20 heavy (non-hydrogen) atoms. The van der Waals surface area contributed by atoms with Crippen molar-refractivity contribution in [3.8, 4) is 0 Å². The number of rotatable bonds is 4. The van der Waals surface area contributed by atoms with Crippen LogP contribution in [0.5, 0.6) is 0 Å². The molecule has 1 aliphatic rings. The molecule has 0 aromatic rings. The van der Waals surface area contributed by atoms with Crippen molar-refractivity contribution in [1.29, 1.82) is 0 Å². The maximum atomic E-state index is 12.1. The third kappa shape index (κ3) is 4.06. The molecule has 0 aliphatic carbocycles. The van der Waals surface area contributed by atoms with Gasteiger partial charge in [0.2, 0.25) is 11.8 Å². The van der Waals surface area contributed by atoms with Crippen molar-refractivity contribution in [2.45, 2.75) is 23.6 Å². The lowest BCUT2D eigenvalue weighted by Crippen LogP contribution is -2.57. The normalized spacial score (nSPS) is 22.1. The van der Waals surface area contributed by atoms with Crippen LogP contribution in [0.15, 0.2) is 0 Å². The average Bonchev–Trinajstić information content (AvgIpc) is 2.45. The number of piperazine rings is 1. The van der Waals surface area contributed by atoms with Crippen LogP contribution < -0.4 is 0 Å². The van der Waals surface area contributed by atoms with Crippen molar-refractivity contribution in [2.75, 3.05) is 37.9 Å². The van der Waals surface area contributed by atoms with Gasteiger partial charge in [-0.15, -0.1) is 46.4 Å². The summed E-state index contributed by atoms with van der Waals surface area (Å²) in [6, 6.07) is 0. The van der Waals surface area contributed by atoms with Crippen LogP contribution in [0, 0.1) is 0 Å². The Morgan fingerprint density at radius 2 is 1.10 bits per heavy atom. The molecule has 8 heteroatoms. The fourth-order valence-corrected chi connectivity index (χ4v) is 2.35. The van der Waals surface area contributed by atoms with Gasteiger partial charge in [0, 0.05) is 26.2 Å². The van der Waals surface area contributed by atoms with Crippen molar-refractivity contribution in [3.63, 3.8) is 0 Å². The summed E-state index contributed by atoms with van der Waals surface area (Å²) in [5, 5.41) is 0. The van der Waals surface area contributed by atoms with Crippen molar-refractivity contribution in [1.82, 2.24) is 9.80 Å². The Balaban J connectivity index is 2.61. The first-order valence-corrected chi connectivity index (χ1v) is 8.06. The van der Waals surface area contributed by atoms with Crippen molar-refractivity contribution >= 4 is 58.2 Å². The van der Waals surface area contributed by atoms with Gasteiger partial charge >= 0.3 is 0 Å². The fraction of sp³-hybridized carbons (Fsp3) is 0.833. The molecule has 1 rings (SSSR count). The van der Waals surface area contributed by atoms with Gasteiger partial charge in [0.25, 0.3) is 0 Å². The first kappa shape index (κ1) is 18.1. The van der Waals surface area contributed by atoms with Gasteiger partial charge in [-0.1, -0.05) is 0 Å². The van der Waals surface area contributed by atoms with Crippen LogP contribution in [0.4, 0.5) is 0 Å². The number of halogens is 4. The molecule has 116 valence electrons. The highest BCUT2D eigenvalue weighted by Crippen LogP contribution is 2.23. The minimum atomic E-state index is -1.11. The van der Waals surface area contributed by atoms with Gasteiger partial charge in [0.1, 0.15) is 9.75 Å². The summed E-state index contributed by atoms with van der Waals surface area (Å²) in [5.74, 6) is -0.351. The monoisotopic (exact) mass is 362 g/mol. The number of hydrogen-bond donors (Lipinski definition) is 0. The highest BCUT2D eigenvalue weighted by molar-refractivity contribution is 6.40. The molecule has 1 heterocycles. The summed E-state index contributed by atoms with van der Waals surface area (Å²) < 4.78 is 0. The van der Waals surface area contributed by atoms with Crippen molar-refractivity contribution in [2.24, 2.45) is 0 Å². The maximum Gasteiger partial charge on any atom is 0.244 e.